The van der Waals surface area contributed by atoms with Crippen molar-refractivity contribution in [1.29, 1.82) is 0 Å². The van der Waals surface area contributed by atoms with Gasteiger partial charge in [0.2, 0.25) is 0 Å². The Bertz CT molecular complexity index is 1140. The molecule has 13 heteroatoms. The molecule has 0 bridgehead atoms. The lowest BCUT2D eigenvalue weighted by atomic mass is 9.90. The highest BCUT2D eigenvalue weighted by Gasteiger charge is 2.38. The Labute approximate surface area is 219 Å². The first-order chi connectivity index (χ1) is 18.2. The van der Waals surface area contributed by atoms with Crippen LogP contribution in [-0.4, -0.2) is 60.1 Å². The zero-order chi connectivity index (χ0) is 28.8. The van der Waals surface area contributed by atoms with Gasteiger partial charge in [0.25, 0.3) is 0 Å². The van der Waals surface area contributed by atoms with Crippen molar-refractivity contribution < 1.29 is 50.6 Å². The first kappa shape index (κ1) is 29.9. The number of carbonyl (C=O) groups excluding carboxylic acids is 2. The standard InChI is InChI=1S/C26H26F6N2O5/c27-25(28,29)19-10-18(11-20(12-19)26(30,31)32)22(35)13-34(14-23(36)37)24(38)39-15-17-6-7-33-21(9-17)8-16-4-2-1-3-5-16/h1-5,10-12,17,21,33H,6-9,13-15H2,(H,36,37)/t17-,21-/m0/s1. The highest BCUT2D eigenvalue weighted by Crippen LogP contribution is 2.36. The second kappa shape index (κ2) is 12.5. The number of ketones is 1. The summed E-state index contributed by atoms with van der Waals surface area (Å²) in [6, 6.07) is 10.1. The summed E-state index contributed by atoms with van der Waals surface area (Å²) in [6.07, 6.45) is -9.54. The van der Waals surface area contributed by atoms with Gasteiger partial charge in [-0.15, -0.1) is 0 Å². The number of benzene rings is 2. The van der Waals surface area contributed by atoms with Crippen molar-refractivity contribution in [2.24, 2.45) is 5.92 Å². The molecule has 0 saturated carbocycles. The molecule has 2 N–H and O–H groups in total. The van der Waals surface area contributed by atoms with Crippen molar-refractivity contribution in [2.75, 3.05) is 26.2 Å². The number of halogens is 6. The maximum Gasteiger partial charge on any atom is 0.416 e. The lowest BCUT2D eigenvalue weighted by Gasteiger charge is -2.30. The zero-order valence-corrected chi connectivity index (χ0v) is 20.5. The summed E-state index contributed by atoms with van der Waals surface area (Å²) in [7, 11) is 0. The zero-order valence-electron chi connectivity index (χ0n) is 20.5. The minimum Gasteiger partial charge on any atom is -0.480 e. The molecule has 1 amide bonds. The number of nitrogens with one attached hydrogen (secondary N) is 1. The van der Waals surface area contributed by atoms with Crippen LogP contribution < -0.4 is 5.32 Å². The summed E-state index contributed by atoms with van der Waals surface area (Å²) < 4.78 is 84.1. The van der Waals surface area contributed by atoms with Crippen LogP contribution in [0.1, 0.15) is 39.9 Å². The van der Waals surface area contributed by atoms with Gasteiger partial charge < -0.3 is 15.2 Å². The Morgan fingerprint density at radius 3 is 2.13 bits per heavy atom. The van der Waals surface area contributed by atoms with E-state index in [1.54, 1.807) is 0 Å². The first-order valence-electron chi connectivity index (χ1n) is 12.0. The van der Waals surface area contributed by atoms with Crippen molar-refractivity contribution >= 4 is 17.8 Å². The monoisotopic (exact) mass is 560 g/mol. The van der Waals surface area contributed by atoms with Crippen LogP contribution in [0, 0.1) is 5.92 Å². The molecule has 3 rings (SSSR count). The van der Waals surface area contributed by atoms with Crippen molar-refractivity contribution in [1.82, 2.24) is 10.2 Å². The number of carboxylic acids is 1. The van der Waals surface area contributed by atoms with E-state index in [0.717, 1.165) is 12.0 Å². The van der Waals surface area contributed by atoms with Crippen molar-refractivity contribution in [3.05, 3.63) is 70.8 Å². The number of amides is 1. The molecule has 0 unspecified atom stereocenters. The Hall–Kier alpha value is -3.61. The average molecular weight is 560 g/mol. The number of rotatable bonds is 9. The Morgan fingerprint density at radius 1 is 0.949 bits per heavy atom. The normalized spacial score (nSPS) is 17.9. The molecule has 7 nitrogen and oxygen atoms in total. The van der Waals surface area contributed by atoms with Gasteiger partial charge in [-0.2, -0.15) is 26.3 Å². The Balaban J connectivity index is 1.67. The molecule has 0 radical (unpaired) electrons. The molecule has 2 aromatic rings. The van der Waals surface area contributed by atoms with E-state index in [-0.39, 0.29) is 36.8 Å². The third-order valence-corrected chi connectivity index (χ3v) is 6.20. The molecule has 0 spiro atoms. The van der Waals surface area contributed by atoms with Crippen LogP contribution in [0.4, 0.5) is 31.1 Å². The predicted octanol–water partition coefficient (Wildman–Crippen LogP) is 5.04. The summed E-state index contributed by atoms with van der Waals surface area (Å²) >= 11 is 0. The Kier molecular flexibility index (Phi) is 9.59. The highest BCUT2D eigenvalue weighted by molar-refractivity contribution is 5.99. The lowest BCUT2D eigenvalue weighted by molar-refractivity contribution is -0.143. The molecule has 39 heavy (non-hydrogen) atoms. The van der Waals surface area contributed by atoms with E-state index in [9.17, 15) is 40.7 Å². The van der Waals surface area contributed by atoms with Gasteiger partial charge >= 0.3 is 24.4 Å². The number of hydrogen-bond donors (Lipinski definition) is 2. The smallest absolute Gasteiger partial charge is 0.416 e. The highest BCUT2D eigenvalue weighted by atomic mass is 19.4. The van der Waals surface area contributed by atoms with E-state index >= 15 is 0 Å². The third-order valence-electron chi connectivity index (χ3n) is 6.20. The largest absolute Gasteiger partial charge is 0.480 e. The number of carbonyl (C=O) groups is 3. The fraction of sp³-hybridized carbons (Fsp3) is 0.423. The van der Waals surface area contributed by atoms with Crippen molar-refractivity contribution in [3.8, 4) is 0 Å². The predicted molar refractivity (Wildman–Crippen MR) is 126 cm³/mol. The topological polar surface area (TPSA) is 95.9 Å². The van der Waals surface area contributed by atoms with Crippen LogP contribution >= 0.6 is 0 Å². The molecule has 212 valence electrons. The van der Waals surface area contributed by atoms with Crippen LogP contribution in [0.2, 0.25) is 0 Å². The van der Waals surface area contributed by atoms with Crippen LogP contribution in [-0.2, 0) is 28.3 Å². The van der Waals surface area contributed by atoms with E-state index in [1.165, 1.54) is 0 Å². The van der Waals surface area contributed by atoms with Gasteiger partial charge in [-0.1, -0.05) is 30.3 Å². The number of hydrogen-bond acceptors (Lipinski definition) is 5. The number of aliphatic carboxylic acids is 1. The maximum atomic E-state index is 13.1. The van der Waals surface area contributed by atoms with Gasteiger partial charge in [0.05, 0.1) is 24.3 Å². The van der Waals surface area contributed by atoms with Gasteiger partial charge in [0.15, 0.2) is 5.78 Å². The number of piperidine rings is 1. The minimum absolute atomic E-state index is 0.0795. The van der Waals surface area contributed by atoms with E-state index in [2.05, 4.69) is 5.32 Å². The van der Waals surface area contributed by atoms with Crippen LogP contribution in [0.15, 0.2) is 48.5 Å². The SMILES string of the molecule is O=C(O)CN(CC(=O)c1cc(C(F)(F)F)cc(C(F)(F)F)c1)C(=O)OC[C@H]1CCN[C@@H](Cc2ccccc2)C1. The molecule has 1 saturated heterocycles. The Morgan fingerprint density at radius 2 is 1.56 bits per heavy atom. The number of ether oxygens (including phenoxy) is 1. The average Bonchev–Trinajstić information content (AvgIpc) is 2.86. The molecule has 1 heterocycles. The maximum absolute atomic E-state index is 13.1. The quantitative estimate of drug-likeness (QED) is 0.330. The first-order valence-corrected chi connectivity index (χ1v) is 12.0. The summed E-state index contributed by atoms with van der Waals surface area (Å²) in [5, 5.41) is 12.5. The molecular formula is C26H26F6N2O5. The number of alkyl halides is 6. The van der Waals surface area contributed by atoms with E-state index < -0.39 is 60.0 Å². The van der Waals surface area contributed by atoms with Gasteiger partial charge in [-0.25, -0.2) is 4.79 Å². The van der Waals surface area contributed by atoms with Crippen molar-refractivity contribution in [2.45, 2.75) is 37.7 Å². The molecular weight excluding hydrogens is 534 g/mol. The van der Waals surface area contributed by atoms with Crippen LogP contribution in [0.3, 0.4) is 0 Å². The summed E-state index contributed by atoms with van der Waals surface area (Å²) in [5.41, 5.74) is -3.27. The van der Waals surface area contributed by atoms with Gasteiger partial charge in [-0.05, 0) is 55.5 Å². The second-order valence-corrected chi connectivity index (χ2v) is 9.28. The fourth-order valence-electron chi connectivity index (χ4n) is 4.31. The molecule has 1 fully saturated rings. The third kappa shape index (κ3) is 8.98. The lowest BCUT2D eigenvalue weighted by Crippen LogP contribution is -2.43. The second-order valence-electron chi connectivity index (χ2n) is 9.28. The molecule has 0 aliphatic carbocycles. The van der Waals surface area contributed by atoms with Crippen LogP contribution in [0.25, 0.3) is 0 Å². The van der Waals surface area contributed by atoms with Crippen LogP contribution in [0.5, 0.6) is 0 Å². The van der Waals surface area contributed by atoms with Crippen molar-refractivity contribution in [3.63, 3.8) is 0 Å². The van der Waals surface area contributed by atoms with Gasteiger partial charge in [0.1, 0.15) is 6.54 Å². The van der Waals surface area contributed by atoms with Gasteiger partial charge in [-0.3, -0.25) is 14.5 Å². The number of Topliss-reactive ketones (excluding diaryl/α,β-unsaturated/α-hetero) is 1. The van der Waals surface area contributed by atoms with E-state index in [0.29, 0.717) is 24.3 Å². The number of nitrogens with zero attached hydrogens (tertiary/aromatic N) is 1. The number of carboxylic acid groups (broad SMARTS) is 1. The van der Waals surface area contributed by atoms with E-state index in [4.69, 9.17) is 9.84 Å². The molecule has 2 aromatic carbocycles. The summed E-state index contributed by atoms with van der Waals surface area (Å²) in [5.74, 6) is -2.94. The molecule has 1 aliphatic rings. The summed E-state index contributed by atoms with van der Waals surface area (Å²) in [6.45, 7) is -1.59. The van der Waals surface area contributed by atoms with E-state index in [1.807, 2.05) is 30.3 Å². The molecule has 0 aromatic heterocycles. The summed E-state index contributed by atoms with van der Waals surface area (Å²) in [4.78, 5) is 37.0. The fourth-order valence-corrected chi connectivity index (χ4v) is 4.31. The van der Waals surface area contributed by atoms with Gasteiger partial charge in [0, 0.05) is 11.6 Å². The molecule has 2 atom stereocenters. The minimum atomic E-state index is -5.18. The molecule has 1 aliphatic heterocycles.